The lowest BCUT2D eigenvalue weighted by molar-refractivity contribution is 0.0698. The molecular weight excluding hydrogens is 218 g/mol. The Hall–Kier alpha value is -2.30. The van der Waals surface area contributed by atoms with Crippen molar-refractivity contribution in [1.29, 1.82) is 0 Å². The van der Waals surface area contributed by atoms with E-state index in [1.54, 1.807) is 42.3 Å². The molecule has 2 rings (SSSR count). The topological polar surface area (TPSA) is 67.2 Å². The van der Waals surface area contributed by atoms with Crippen LogP contribution in [0.3, 0.4) is 0 Å². The van der Waals surface area contributed by atoms with E-state index in [2.05, 4.69) is 10.4 Å². The number of hydrogen-bond acceptors (Lipinski definition) is 3. The third kappa shape index (κ3) is 2.44. The molecular formula is C12H13N3O2. The van der Waals surface area contributed by atoms with Gasteiger partial charge in [-0.05, 0) is 24.6 Å². The van der Waals surface area contributed by atoms with Crippen molar-refractivity contribution in [2.45, 2.75) is 6.92 Å². The normalized spacial score (nSPS) is 10.2. The molecule has 0 spiro atoms. The highest BCUT2D eigenvalue weighted by molar-refractivity contribution is 5.95. The van der Waals surface area contributed by atoms with Crippen LogP contribution in [0.4, 0.5) is 11.4 Å². The van der Waals surface area contributed by atoms with Gasteiger partial charge in [-0.3, -0.25) is 4.68 Å². The molecule has 5 heteroatoms. The van der Waals surface area contributed by atoms with Gasteiger partial charge in [-0.25, -0.2) is 4.79 Å². The van der Waals surface area contributed by atoms with Crippen molar-refractivity contribution in [2.75, 3.05) is 5.32 Å². The van der Waals surface area contributed by atoms with Gasteiger partial charge in [0.15, 0.2) is 0 Å². The second-order valence-corrected chi connectivity index (χ2v) is 3.88. The maximum Gasteiger partial charge on any atom is 0.337 e. The van der Waals surface area contributed by atoms with E-state index in [-0.39, 0.29) is 5.56 Å². The number of hydrogen-bond donors (Lipinski definition) is 2. The number of benzene rings is 1. The highest BCUT2D eigenvalue weighted by Crippen LogP contribution is 2.22. The molecule has 0 aliphatic carbocycles. The van der Waals surface area contributed by atoms with Gasteiger partial charge in [0.2, 0.25) is 0 Å². The van der Waals surface area contributed by atoms with Gasteiger partial charge in [-0.15, -0.1) is 0 Å². The minimum atomic E-state index is -0.948. The number of anilines is 2. The second-order valence-electron chi connectivity index (χ2n) is 3.88. The quantitative estimate of drug-likeness (QED) is 0.849. The molecule has 1 heterocycles. The Bertz CT molecular complexity index is 561. The maximum atomic E-state index is 11.1. The standard InChI is InChI=1S/C12H13N3O2/c1-8-3-4-10(12(16)17)11(5-8)14-9-6-13-15(2)7-9/h3-7,14H,1-2H3,(H,16,17). The largest absolute Gasteiger partial charge is 0.478 e. The zero-order valence-corrected chi connectivity index (χ0v) is 9.64. The van der Waals surface area contributed by atoms with Crippen LogP contribution in [0.25, 0.3) is 0 Å². The number of nitrogens with one attached hydrogen (secondary N) is 1. The molecule has 1 aromatic carbocycles. The zero-order valence-electron chi connectivity index (χ0n) is 9.64. The molecule has 0 radical (unpaired) electrons. The third-order valence-corrected chi connectivity index (χ3v) is 2.39. The summed E-state index contributed by atoms with van der Waals surface area (Å²) in [5, 5.41) is 16.1. The van der Waals surface area contributed by atoms with Crippen LogP contribution in [0.5, 0.6) is 0 Å². The molecule has 5 nitrogen and oxygen atoms in total. The molecule has 2 aromatic rings. The van der Waals surface area contributed by atoms with Crippen LogP contribution in [-0.4, -0.2) is 20.9 Å². The van der Waals surface area contributed by atoms with Crippen LogP contribution >= 0.6 is 0 Å². The van der Waals surface area contributed by atoms with Crippen molar-refractivity contribution in [1.82, 2.24) is 9.78 Å². The summed E-state index contributed by atoms with van der Waals surface area (Å²) < 4.78 is 1.65. The molecule has 0 amide bonds. The highest BCUT2D eigenvalue weighted by atomic mass is 16.4. The Morgan fingerprint density at radius 3 is 2.82 bits per heavy atom. The number of rotatable bonds is 3. The first-order valence-corrected chi connectivity index (χ1v) is 5.16. The molecule has 0 fully saturated rings. The lowest BCUT2D eigenvalue weighted by Crippen LogP contribution is -2.02. The van der Waals surface area contributed by atoms with E-state index in [1.165, 1.54) is 0 Å². The van der Waals surface area contributed by atoms with Crippen LogP contribution in [0.15, 0.2) is 30.6 Å². The molecule has 2 N–H and O–H groups in total. The molecule has 0 saturated heterocycles. The summed E-state index contributed by atoms with van der Waals surface area (Å²) in [4.78, 5) is 11.1. The van der Waals surface area contributed by atoms with E-state index in [1.807, 2.05) is 6.92 Å². The predicted octanol–water partition coefficient (Wildman–Crippen LogP) is 2.17. The van der Waals surface area contributed by atoms with Gasteiger partial charge in [0.1, 0.15) is 0 Å². The van der Waals surface area contributed by atoms with E-state index >= 15 is 0 Å². The van der Waals surface area contributed by atoms with Gasteiger partial charge in [0, 0.05) is 13.2 Å². The van der Waals surface area contributed by atoms with Gasteiger partial charge in [0.05, 0.1) is 23.1 Å². The van der Waals surface area contributed by atoms with E-state index < -0.39 is 5.97 Å². The number of aromatic nitrogens is 2. The Labute approximate surface area is 98.7 Å². The van der Waals surface area contributed by atoms with Crippen LogP contribution < -0.4 is 5.32 Å². The number of aromatic carboxylic acids is 1. The molecule has 0 bridgehead atoms. The molecule has 1 aromatic heterocycles. The highest BCUT2D eigenvalue weighted by Gasteiger charge is 2.10. The van der Waals surface area contributed by atoms with Gasteiger partial charge in [-0.1, -0.05) is 6.07 Å². The van der Waals surface area contributed by atoms with Crippen molar-refractivity contribution in [3.8, 4) is 0 Å². The zero-order chi connectivity index (χ0) is 12.4. The van der Waals surface area contributed by atoms with Crippen LogP contribution in [0, 0.1) is 6.92 Å². The van der Waals surface area contributed by atoms with E-state index in [4.69, 9.17) is 5.11 Å². The summed E-state index contributed by atoms with van der Waals surface area (Å²) >= 11 is 0. The summed E-state index contributed by atoms with van der Waals surface area (Å²) in [7, 11) is 1.81. The van der Waals surface area contributed by atoms with E-state index in [0.29, 0.717) is 5.69 Å². The van der Waals surface area contributed by atoms with Gasteiger partial charge in [-0.2, -0.15) is 5.10 Å². The van der Waals surface area contributed by atoms with E-state index in [9.17, 15) is 4.79 Å². The van der Waals surface area contributed by atoms with Crippen molar-refractivity contribution in [3.05, 3.63) is 41.7 Å². The fourth-order valence-electron chi connectivity index (χ4n) is 1.59. The minimum absolute atomic E-state index is 0.249. The Morgan fingerprint density at radius 2 is 2.24 bits per heavy atom. The van der Waals surface area contributed by atoms with Crippen molar-refractivity contribution in [2.24, 2.45) is 7.05 Å². The van der Waals surface area contributed by atoms with Crippen LogP contribution in [0.1, 0.15) is 15.9 Å². The smallest absolute Gasteiger partial charge is 0.337 e. The first-order chi connectivity index (χ1) is 8.06. The lowest BCUT2D eigenvalue weighted by atomic mass is 10.1. The number of carboxylic acid groups (broad SMARTS) is 1. The molecule has 0 unspecified atom stereocenters. The molecule has 0 saturated carbocycles. The fourth-order valence-corrected chi connectivity index (χ4v) is 1.59. The SMILES string of the molecule is Cc1ccc(C(=O)O)c(Nc2cnn(C)c2)c1. The van der Waals surface area contributed by atoms with Crippen LogP contribution in [-0.2, 0) is 7.05 Å². The number of carbonyl (C=O) groups is 1. The Balaban J connectivity index is 2.37. The predicted molar refractivity (Wildman–Crippen MR) is 64.6 cm³/mol. The summed E-state index contributed by atoms with van der Waals surface area (Å²) in [6.07, 6.45) is 3.43. The Kier molecular flexibility index (Phi) is 2.82. The summed E-state index contributed by atoms with van der Waals surface area (Å²) in [5.41, 5.74) is 2.59. The molecule has 17 heavy (non-hydrogen) atoms. The van der Waals surface area contributed by atoms with E-state index in [0.717, 1.165) is 11.3 Å². The van der Waals surface area contributed by atoms with Gasteiger partial charge < -0.3 is 10.4 Å². The molecule has 0 atom stereocenters. The lowest BCUT2D eigenvalue weighted by Gasteiger charge is -2.08. The first-order valence-electron chi connectivity index (χ1n) is 5.16. The fraction of sp³-hybridized carbons (Fsp3) is 0.167. The summed E-state index contributed by atoms with van der Waals surface area (Å²) in [5.74, 6) is -0.948. The average Bonchev–Trinajstić information content (AvgIpc) is 2.63. The van der Waals surface area contributed by atoms with Crippen molar-refractivity contribution in [3.63, 3.8) is 0 Å². The second kappa shape index (κ2) is 4.29. The molecule has 88 valence electrons. The average molecular weight is 231 g/mol. The minimum Gasteiger partial charge on any atom is -0.478 e. The first kappa shape index (κ1) is 11.2. The van der Waals surface area contributed by atoms with Crippen molar-refractivity contribution >= 4 is 17.3 Å². The summed E-state index contributed by atoms with van der Waals surface area (Å²) in [6, 6.07) is 5.17. The number of aryl methyl sites for hydroxylation is 2. The van der Waals surface area contributed by atoms with Crippen molar-refractivity contribution < 1.29 is 9.90 Å². The third-order valence-electron chi connectivity index (χ3n) is 2.39. The number of nitrogens with zero attached hydrogens (tertiary/aromatic N) is 2. The molecule has 0 aliphatic rings. The molecule has 0 aliphatic heterocycles. The maximum absolute atomic E-state index is 11.1. The summed E-state index contributed by atoms with van der Waals surface area (Å²) in [6.45, 7) is 1.92. The monoisotopic (exact) mass is 231 g/mol. The Morgan fingerprint density at radius 1 is 1.47 bits per heavy atom. The van der Waals surface area contributed by atoms with Gasteiger partial charge >= 0.3 is 5.97 Å². The van der Waals surface area contributed by atoms with Crippen LogP contribution in [0.2, 0.25) is 0 Å². The van der Waals surface area contributed by atoms with Gasteiger partial charge in [0.25, 0.3) is 0 Å². The number of carboxylic acids is 1.